The van der Waals surface area contributed by atoms with Gasteiger partial charge in [0.05, 0.1) is 24.1 Å². The molecule has 0 bridgehead atoms. The van der Waals surface area contributed by atoms with Crippen LogP contribution < -0.4 is 0 Å². The number of hydrogen-bond acceptors (Lipinski definition) is 4. The van der Waals surface area contributed by atoms with E-state index in [1.807, 2.05) is 23.2 Å². The Labute approximate surface area is 143 Å². The number of ether oxygens (including phenoxy) is 1. The number of aromatic nitrogens is 1. The lowest BCUT2D eigenvalue weighted by Gasteiger charge is -2.46. The number of hydrogen-bond donors (Lipinski definition) is 0. The van der Waals surface area contributed by atoms with E-state index in [9.17, 15) is 4.79 Å². The highest BCUT2D eigenvalue weighted by atomic mass is 16.5. The fourth-order valence-corrected chi connectivity index (χ4v) is 4.38. The monoisotopic (exact) mass is 327 g/mol. The fourth-order valence-electron chi connectivity index (χ4n) is 4.38. The average molecular weight is 327 g/mol. The molecule has 128 valence electrons. The summed E-state index contributed by atoms with van der Waals surface area (Å²) < 4.78 is 5.63. The first-order valence-corrected chi connectivity index (χ1v) is 8.94. The van der Waals surface area contributed by atoms with Gasteiger partial charge in [0.25, 0.3) is 0 Å². The second kappa shape index (κ2) is 5.96. The molecule has 0 radical (unpaired) electrons. The van der Waals surface area contributed by atoms with Crippen LogP contribution in [0.25, 0.3) is 0 Å². The number of aliphatic imine (C=N–C) groups is 1. The molecule has 0 spiro atoms. The van der Waals surface area contributed by atoms with Crippen molar-refractivity contribution in [2.24, 2.45) is 10.9 Å². The number of amidine groups is 1. The van der Waals surface area contributed by atoms with Gasteiger partial charge in [0, 0.05) is 31.3 Å². The van der Waals surface area contributed by atoms with Crippen molar-refractivity contribution < 1.29 is 9.53 Å². The molecular formula is C19H25N3O2. The highest BCUT2D eigenvalue weighted by Crippen LogP contribution is 2.41. The summed E-state index contributed by atoms with van der Waals surface area (Å²) in [5, 5.41) is 0. The molecule has 24 heavy (non-hydrogen) atoms. The summed E-state index contributed by atoms with van der Waals surface area (Å²) in [7, 11) is 1.73. The van der Waals surface area contributed by atoms with Gasteiger partial charge >= 0.3 is 0 Å². The molecule has 1 amide bonds. The quantitative estimate of drug-likeness (QED) is 0.839. The van der Waals surface area contributed by atoms with Gasteiger partial charge < -0.3 is 4.74 Å². The Hall–Kier alpha value is -1.75. The number of carbonyl (C=O) groups excluding carboxylic acids is 1. The molecule has 0 aromatic carbocycles. The summed E-state index contributed by atoms with van der Waals surface area (Å²) in [5.74, 6) is 1.68. The zero-order valence-electron chi connectivity index (χ0n) is 14.4. The van der Waals surface area contributed by atoms with E-state index in [-0.39, 0.29) is 23.5 Å². The molecule has 1 saturated carbocycles. The molecule has 3 aliphatic rings. The molecule has 0 N–H and O–H groups in total. The number of rotatable bonds is 2. The average Bonchev–Trinajstić information content (AvgIpc) is 2.63. The van der Waals surface area contributed by atoms with Crippen LogP contribution in [0.3, 0.4) is 0 Å². The number of nitrogens with zero attached hydrogens (tertiary/aromatic N) is 3. The number of pyridine rings is 1. The van der Waals surface area contributed by atoms with Gasteiger partial charge in [-0.3, -0.25) is 19.7 Å². The molecule has 1 saturated heterocycles. The lowest BCUT2D eigenvalue weighted by atomic mass is 9.75. The van der Waals surface area contributed by atoms with Crippen molar-refractivity contribution in [2.75, 3.05) is 13.7 Å². The first-order chi connectivity index (χ1) is 11.6. The van der Waals surface area contributed by atoms with Gasteiger partial charge in [0.1, 0.15) is 5.84 Å². The predicted molar refractivity (Wildman–Crippen MR) is 91.9 cm³/mol. The second-order valence-electron chi connectivity index (χ2n) is 7.56. The number of amides is 1. The molecule has 5 nitrogen and oxygen atoms in total. The molecule has 4 unspecified atom stereocenters. The van der Waals surface area contributed by atoms with Gasteiger partial charge in [0.2, 0.25) is 5.91 Å². The zero-order valence-corrected chi connectivity index (χ0v) is 14.4. The van der Waals surface area contributed by atoms with Gasteiger partial charge in [-0.1, -0.05) is 6.07 Å². The van der Waals surface area contributed by atoms with Crippen LogP contribution in [0.4, 0.5) is 0 Å². The van der Waals surface area contributed by atoms with E-state index in [1.165, 1.54) is 0 Å². The van der Waals surface area contributed by atoms with Crippen LogP contribution in [0.15, 0.2) is 29.4 Å². The summed E-state index contributed by atoms with van der Waals surface area (Å²) in [6.45, 7) is 2.72. The van der Waals surface area contributed by atoms with E-state index in [2.05, 4.69) is 18.0 Å². The fraction of sp³-hybridized carbons (Fsp3) is 0.632. The minimum atomic E-state index is -0.243. The van der Waals surface area contributed by atoms with Gasteiger partial charge in [-0.25, -0.2) is 0 Å². The minimum Gasteiger partial charge on any atom is -0.377 e. The summed E-state index contributed by atoms with van der Waals surface area (Å²) in [4.78, 5) is 24.4. The Morgan fingerprint density at radius 1 is 1.33 bits per heavy atom. The van der Waals surface area contributed by atoms with Crippen LogP contribution in [-0.4, -0.2) is 46.9 Å². The normalized spacial score (nSPS) is 35.9. The maximum absolute atomic E-state index is 13.0. The molecule has 3 heterocycles. The Morgan fingerprint density at radius 2 is 2.21 bits per heavy atom. The number of fused-ring (bicyclic) bond motifs is 2. The molecule has 4 atom stereocenters. The number of methoxy groups -OCH3 is 1. The van der Waals surface area contributed by atoms with Crippen LogP contribution in [0, 0.1) is 5.92 Å². The first kappa shape index (κ1) is 15.8. The third kappa shape index (κ3) is 2.65. The highest BCUT2D eigenvalue weighted by molar-refractivity contribution is 6.02. The third-order valence-corrected chi connectivity index (χ3v) is 6.00. The third-order valence-electron chi connectivity index (χ3n) is 6.00. The van der Waals surface area contributed by atoms with Crippen molar-refractivity contribution in [1.82, 2.24) is 9.88 Å². The molecule has 1 aromatic rings. The van der Waals surface area contributed by atoms with Crippen LogP contribution in [-0.2, 0) is 9.53 Å². The van der Waals surface area contributed by atoms with E-state index >= 15 is 0 Å². The first-order valence-electron chi connectivity index (χ1n) is 8.94. The minimum absolute atomic E-state index is 0.0351. The van der Waals surface area contributed by atoms with Crippen LogP contribution in [0.2, 0.25) is 0 Å². The molecule has 1 aromatic heterocycles. The molecule has 1 aliphatic carbocycles. The van der Waals surface area contributed by atoms with Crippen molar-refractivity contribution in [3.63, 3.8) is 0 Å². The molecule has 2 aliphatic heterocycles. The highest BCUT2D eigenvalue weighted by Gasteiger charge is 2.46. The maximum Gasteiger partial charge on any atom is 0.233 e. The summed E-state index contributed by atoms with van der Waals surface area (Å²) in [6.07, 6.45) is 6.46. The Bertz CT molecular complexity index is 660. The Kier molecular flexibility index (Phi) is 3.91. The van der Waals surface area contributed by atoms with Crippen LogP contribution >= 0.6 is 0 Å². The maximum atomic E-state index is 13.0. The Balaban J connectivity index is 1.56. The van der Waals surface area contributed by atoms with Crippen molar-refractivity contribution in [1.29, 1.82) is 0 Å². The topological polar surface area (TPSA) is 54.8 Å². The summed E-state index contributed by atoms with van der Waals surface area (Å²) in [5.41, 5.74) is 0.897. The largest absolute Gasteiger partial charge is 0.377 e. The van der Waals surface area contributed by atoms with Gasteiger partial charge in [0.15, 0.2) is 0 Å². The standard InChI is InChI=1S/C19H25N3O2/c1-19(24-2)9-8-17-21-16-11-13(15-5-3-4-10-20-15)6-7-14(16)18(23)22(17)12-19/h3-5,10,13-14,16H,6-9,11-12H2,1-2H3. The SMILES string of the molecule is COC1(C)CCC2=NC3CC(c4ccccn4)CCC3C(=O)N2C1. The van der Waals surface area contributed by atoms with Gasteiger partial charge in [-0.2, -0.15) is 0 Å². The van der Waals surface area contributed by atoms with Crippen molar-refractivity contribution in [3.05, 3.63) is 30.1 Å². The smallest absolute Gasteiger partial charge is 0.233 e. The zero-order chi connectivity index (χ0) is 16.7. The molecular weight excluding hydrogens is 302 g/mol. The van der Waals surface area contributed by atoms with E-state index in [1.54, 1.807) is 7.11 Å². The molecule has 4 rings (SSSR count). The van der Waals surface area contributed by atoms with Crippen LogP contribution in [0.5, 0.6) is 0 Å². The predicted octanol–water partition coefficient (Wildman–Crippen LogP) is 2.77. The number of piperidine rings is 1. The van der Waals surface area contributed by atoms with Gasteiger partial charge in [-0.05, 0) is 44.7 Å². The summed E-state index contributed by atoms with van der Waals surface area (Å²) in [6, 6.07) is 6.21. The van der Waals surface area contributed by atoms with Gasteiger partial charge in [-0.15, -0.1) is 0 Å². The van der Waals surface area contributed by atoms with E-state index in [0.717, 1.165) is 43.6 Å². The number of carbonyl (C=O) groups is 1. The lowest BCUT2D eigenvalue weighted by molar-refractivity contribution is -0.139. The molecule has 2 fully saturated rings. The molecule has 5 heteroatoms. The lowest BCUT2D eigenvalue weighted by Crippen LogP contribution is -2.58. The van der Waals surface area contributed by atoms with E-state index in [0.29, 0.717) is 12.5 Å². The second-order valence-corrected chi connectivity index (χ2v) is 7.56. The van der Waals surface area contributed by atoms with Crippen molar-refractivity contribution in [2.45, 2.75) is 56.6 Å². The summed E-state index contributed by atoms with van der Waals surface area (Å²) >= 11 is 0. The Morgan fingerprint density at radius 3 is 2.96 bits per heavy atom. The van der Waals surface area contributed by atoms with E-state index in [4.69, 9.17) is 9.73 Å². The van der Waals surface area contributed by atoms with Crippen LogP contribution in [0.1, 0.15) is 50.6 Å². The van der Waals surface area contributed by atoms with Crippen molar-refractivity contribution >= 4 is 11.7 Å². The van der Waals surface area contributed by atoms with E-state index < -0.39 is 0 Å². The van der Waals surface area contributed by atoms with Crippen molar-refractivity contribution in [3.8, 4) is 0 Å².